The molecule has 7 nitrogen and oxygen atoms in total. The minimum atomic E-state index is -0.479. The molecule has 3 rings (SSSR count). The first kappa shape index (κ1) is 16.7. The summed E-state index contributed by atoms with van der Waals surface area (Å²) in [4.78, 5) is 29.7. The van der Waals surface area contributed by atoms with E-state index in [4.69, 9.17) is 11.6 Å². The van der Waals surface area contributed by atoms with Crippen LogP contribution in [0.2, 0.25) is 0 Å². The largest absolute Gasteiger partial charge is 0.383 e. The van der Waals surface area contributed by atoms with Crippen LogP contribution in [0.3, 0.4) is 0 Å². The third-order valence-electron chi connectivity index (χ3n) is 3.62. The number of rotatable bonds is 4. The third-order valence-corrected chi connectivity index (χ3v) is 3.91. The van der Waals surface area contributed by atoms with Crippen molar-refractivity contribution in [2.75, 3.05) is 12.4 Å². The van der Waals surface area contributed by atoms with Gasteiger partial charge in [0.05, 0.1) is 20.9 Å². The maximum absolute atomic E-state index is 12.1. The summed E-state index contributed by atoms with van der Waals surface area (Å²) >= 11 is 6.26. The van der Waals surface area contributed by atoms with E-state index in [1.54, 1.807) is 43.4 Å². The maximum Gasteiger partial charge on any atom is 0.292 e. The van der Waals surface area contributed by atoms with Crippen LogP contribution in [0.5, 0.6) is 0 Å². The molecule has 0 aliphatic heterocycles. The van der Waals surface area contributed by atoms with Gasteiger partial charge in [-0.05, 0) is 29.8 Å². The van der Waals surface area contributed by atoms with Gasteiger partial charge in [0.2, 0.25) is 0 Å². The first-order valence-electron chi connectivity index (χ1n) is 7.32. The molecule has 2 aromatic carbocycles. The first-order valence-corrected chi connectivity index (χ1v) is 7.70. The smallest absolute Gasteiger partial charge is 0.292 e. The monoisotopic (exact) mass is 356 g/mol. The van der Waals surface area contributed by atoms with E-state index in [1.807, 2.05) is 0 Å². The van der Waals surface area contributed by atoms with Crippen molar-refractivity contribution >= 4 is 45.0 Å². The molecule has 0 saturated carbocycles. The second-order valence-electron chi connectivity index (χ2n) is 5.21. The number of halogens is 1. The number of benzene rings is 2. The number of nitrogens with zero attached hydrogens (tertiary/aromatic N) is 2. The molecule has 0 aliphatic carbocycles. The Morgan fingerprint density at radius 2 is 2.08 bits per heavy atom. The van der Waals surface area contributed by atoms with Crippen molar-refractivity contribution in [1.82, 2.24) is 9.97 Å². The summed E-state index contributed by atoms with van der Waals surface area (Å²) in [5.74, 6) is 0.200. The van der Waals surface area contributed by atoms with Gasteiger partial charge in [0.25, 0.3) is 11.2 Å². The lowest BCUT2D eigenvalue weighted by Gasteiger charge is -2.04. The lowest BCUT2D eigenvalue weighted by atomic mass is 10.1. The maximum atomic E-state index is 12.1. The van der Waals surface area contributed by atoms with Crippen molar-refractivity contribution in [2.24, 2.45) is 0 Å². The molecule has 0 amide bonds. The van der Waals surface area contributed by atoms with Crippen molar-refractivity contribution in [3.8, 4) is 0 Å². The third kappa shape index (κ3) is 3.36. The van der Waals surface area contributed by atoms with E-state index in [9.17, 15) is 14.9 Å². The number of nitrogens with one attached hydrogen (secondary N) is 2. The molecule has 25 heavy (non-hydrogen) atoms. The van der Waals surface area contributed by atoms with E-state index in [1.165, 1.54) is 12.1 Å². The molecule has 1 heterocycles. The Hall–Kier alpha value is -3.19. The second-order valence-corrected chi connectivity index (χ2v) is 5.61. The van der Waals surface area contributed by atoms with Gasteiger partial charge in [-0.3, -0.25) is 14.9 Å². The highest BCUT2D eigenvalue weighted by Gasteiger charge is 2.13. The molecule has 0 bridgehead atoms. The van der Waals surface area contributed by atoms with Gasteiger partial charge in [0, 0.05) is 13.1 Å². The van der Waals surface area contributed by atoms with Crippen LogP contribution in [0.25, 0.3) is 22.0 Å². The Balaban J connectivity index is 2.06. The number of nitro benzene ring substituents is 1. The van der Waals surface area contributed by atoms with Crippen LogP contribution < -0.4 is 10.9 Å². The molecule has 126 valence electrons. The molecule has 0 spiro atoms. The normalized spacial score (nSPS) is 11.5. The molecule has 0 fully saturated rings. The number of H-pyrrole nitrogens is 1. The van der Waals surface area contributed by atoms with Gasteiger partial charge in [-0.1, -0.05) is 29.8 Å². The number of hydrogen-bond donors (Lipinski definition) is 2. The van der Waals surface area contributed by atoms with E-state index in [-0.39, 0.29) is 22.1 Å². The highest BCUT2D eigenvalue weighted by Crippen LogP contribution is 2.27. The van der Waals surface area contributed by atoms with Crippen LogP contribution >= 0.6 is 11.6 Å². The predicted octanol–water partition coefficient (Wildman–Crippen LogP) is 3.61. The van der Waals surface area contributed by atoms with Gasteiger partial charge >= 0.3 is 0 Å². The summed E-state index contributed by atoms with van der Waals surface area (Å²) in [6.07, 6.45) is 1.51. The summed E-state index contributed by atoms with van der Waals surface area (Å²) in [7, 11) is 1.61. The van der Waals surface area contributed by atoms with Gasteiger partial charge in [0.1, 0.15) is 5.69 Å². The van der Waals surface area contributed by atoms with Gasteiger partial charge < -0.3 is 10.3 Å². The average Bonchev–Trinajstić information content (AvgIpc) is 2.61. The highest BCUT2D eigenvalue weighted by molar-refractivity contribution is 6.50. The first-order chi connectivity index (χ1) is 12.0. The number of hydrogen-bond acceptors (Lipinski definition) is 5. The SMILES string of the molecule is CNc1ccc(C=C(Cl)c2nc3ccccc3c(=O)[nH]2)cc1[N+](=O)[O-]. The van der Waals surface area contributed by atoms with Gasteiger partial charge in [-0.2, -0.15) is 0 Å². The zero-order valence-electron chi connectivity index (χ0n) is 13.1. The molecular formula is C17H13ClN4O3. The summed E-state index contributed by atoms with van der Waals surface area (Å²) < 4.78 is 0. The van der Waals surface area contributed by atoms with E-state index >= 15 is 0 Å². The Bertz CT molecular complexity index is 1060. The molecule has 8 heteroatoms. The van der Waals surface area contributed by atoms with Crippen LogP contribution in [-0.4, -0.2) is 21.9 Å². The van der Waals surface area contributed by atoms with Crippen molar-refractivity contribution in [3.05, 3.63) is 74.3 Å². The van der Waals surface area contributed by atoms with E-state index in [0.29, 0.717) is 22.2 Å². The molecule has 0 aliphatic rings. The lowest BCUT2D eigenvalue weighted by Crippen LogP contribution is -2.10. The van der Waals surface area contributed by atoms with Gasteiger partial charge in [-0.15, -0.1) is 0 Å². The summed E-state index contributed by atoms with van der Waals surface area (Å²) in [6, 6.07) is 11.6. The van der Waals surface area contributed by atoms with Crippen LogP contribution in [0.4, 0.5) is 11.4 Å². The van der Waals surface area contributed by atoms with Gasteiger partial charge in [0.15, 0.2) is 5.82 Å². The fraction of sp³-hybridized carbons (Fsp3) is 0.0588. The van der Waals surface area contributed by atoms with E-state index in [0.717, 1.165) is 0 Å². The summed E-state index contributed by atoms with van der Waals surface area (Å²) in [5.41, 5.74) is 1.07. The van der Waals surface area contributed by atoms with Crippen molar-refractivity contribution in [3.63, 3.8) is 0 Å². The molecule has 0 atom stereocenters. The number of aromatic amines is 1. The number of aromatic nitrogens is 2. The minimum Gasteiger partial charge on any atom is -0.383 e. The summed E-state index contributed by atoms with van der Waals surface area (Å²) in [6.45, 7) is 0. The Morgan fingerprint density at radius 3 is 2.80 bits per heavy atom. The number of nitro groups is 1. The minimum absolute atomic E-state index is 0.0688. The number of fused-ring (bicyclic) bond motifs is 1. The number of anilines is 1. The molecule has 2 N–H and O–H groups in total. The molecule has 3 aromatic rings. The molecular weight excluding hydrogens is 344 g/mol. The van der Waals surface area contributed by atoms with E-state index < -0.39 is 4.92 Å². The highest BCUT2D eigenvalue weighted by atomic mass is 35.5. The molecule has 1 aromatic heterocycles. The standard InChI is InChI=1S/C17H13ClN4O3/c1-19-14-7-6-10(9-15(14)22(24)25)8-12(18)16-20-13-5-3-2-4-11(13)17(23)21-16/h2-9,19H,1H3,(H,20,21,23). The predicted molar refractivity (Wildman–Crippen MR) is 98.7 cm³/mol. The summed E-state index contributed by atoms with van der Waals surface area (Å²) in [5, 5.41) is 14.5. The van der Waals surface area contributed by atoms with Crippen molar-refractivity contribution in [1.29, 1.82) is 0 Å². The van der Waals surface area contributed by atoms with E-state index in [2.05, 4.69) is 15.3 Å². The molecule has 0 radical (unpaired) electrons. The quantitative estimate of drug-likeness (QED) is 0.549. The topological polar surface area (TPSA) is 101 Å². The lowest BCUT2D eigenvalue weighted by molar-refractivity contribution is -0.383. The number of para-hydroxylation sites is 1. The zero-order valence-corrected chi connectivity index (χ0v) is 13.9. The second kappa shape index (κ2) is 6.74. The fourth-order valence-corrected chi connectivity index (χ4v) is 2.63. The fourth-order valence-electron chi connectivity index (χ4n) is 2.42. The Kier molecular flexibility index (Phi) is 4.49. The Labute approximate surface area is 147 Å². The van der Waals surface area contributed by atoms with Crippen LogP contribution in [0, 0.1) is 10.1 Å². The van der Waals surface area contributed by atoms with Crippen LogP contribution in [0.15, 0.2) is 47.3 Å². The molecule has 0 saturated heterocycles. The van der Waals surface area contributed by atoms with Crippen molar-refractivity contribution in [2.45, 2.75) is 0 Å². The molecule has 0 unspecified atom stereocenters. The van der Waals surface area contributed by atoms with Gasteiger partial charge in [-0.25, -0.2) is 4.98 Å². The van der Waals surface area contributed by atoms with Crippen molar-refractivity contribution < 1.29 is 4.92 Å². The van der Waals surface area contributed by atoms with Crippen LogP contribution in [0.1, 0.15) is 11.4 Å². The zero-order chi connectivity index (χ0) is 18.0. The average molecular weight is 357 g/mol. The Morgan fingerprint density at radius 1 is 1.32 bits per heavy atom. The van der Waals surface area contributed by atoms with Crippen LogP contribution in [-0.2, 0) is 0 Å².